The predicted molar refractivity (Wildman–Crippen MR) is 109 cm³/mol. The van der Waals surface area contributed by atoms with Crippen molar-refractivity contribution < 1.29 is 5.11 Å². The third kappa shape index (κ3) is 2.44. The largest absolute Gasteiger partial charge is 0.508 e. The maximum atomic E-state index is 10.3. The number of aromatic nitrogens is 2. The van der Waals surface area contributed by atoms with Gasteiger partial charge in [0.2, 0.25) is 0 Å². The second-order valence-electron chi connectivity index (χ2n) is 7.04. The summed E-state index contributed by atoms with van der Waals surface area (Å²) in [7, 11) is 0. The highest BCUT2D eigenvalue weighted by atomic mass is 79.9. The van der Waals surface area contributed by atoms with Crippen molar-refractivity contribution in [1.82, 2.24) is 9.55 Å². The zero-order valence-electron chi connectivity index (χ0n) is 14.3. The fourth-order valence-corrected chi connectivity index (χ4v) is 4.40. The van der Waals surface area contributed by atoms with Gasteiger partial charge in [0.25, 0.3) is 0 Å². The summed E-state index contributed by atoms with van der Waals surface area (Å²) in [4.78, 5) is 4.32. The maximum absolute atomic E-state index is 10.3. The molecule has 1 aliphatic heterocycles. The number of rotatable bonds is 2. The van der Waals surface area contributed by atoms with E-state index < -0.39 is 0 Å². The Balaban J connectivity index is 1.73. The topological polar surface area (TPSA) is 38.0 Å². The number of fused-ring (bicyclic) bond motifs is 3. The Morgan fingerprint density at radius 3 is 2.85 bits per heavy atom. The van der Waals surface area contributed by atoms with E-state index in [9.17, 15) is 5.11 Å². The Hall–Kier alpha value is -2.59. The number of pyridine rings is 1. The standard InChI is InChI=1S/C22H17BrN2O/c1-13-4-14(11-24-10-13)5-15-6-16-7-18(26)9-20-19-3-2-17(23)8-21(19)25(12-15)22(16)20/h2-4,7-12,26H,5-6H2,1H3. The Kier molecular flexibility index (Phi) is 3.44. The first-order valence-corrected chi connectivity index (χ1v) is 9.43. The summed E-state index contributed by atoms with van der Waals surface area (Å²) in [6, 6.07) is 12.3. The summed E-state index contributed by atoms with van der Waals surface area (Å²) in [6.07, 6.45) is 7.77. The van der Waals surface area contributed by atoms with Crippen molar-refractivity contribution in [3.05, 3.63) is 75.5 Å². The van der Waals surface area contributed by atoms with Gasteiger partial charge in [-0.2, -0.15) is 0 Å². The lowest BCUT2D eigenvalue weighted by atomic mass is 9.95. The van der Waals surface area contributed by atoms with Gasteiger partial charge in [-0.05, 0) is 66.3 Å². The summed E-state index contributed by atoms with van der Waals surface area (Å²) in [6.45, 7) is 2.07. The van der Waals surface area contributed by atoms with Gasteiger partial charge in [0.1, 0.15) is 5.75 Å². The molecule has 1 N–H and O–H groups in total. The van der Waals surface area contributed by atoms with Crippen LogP contribution in [0.15, 0.2) is 58.8 Å². The first-order valence-electron chi connectivity index (χ1n) is 8.63. The van der Waals surface area contributed by atoms with E-state index in [2.05, 4.69) is 62.9 Å². The average Bonchev–Trinajstić information content (AvgIpc) is 2.89. The molecule has 3 heterocycles. The Bertz CT molecular complexity index is 1220. The van der Waals surface area contributed by atoms with Gasteiger partial charge < -0.3 is 9.67 Å². The van der Waals surface area contributed by atoms with E-state index in [-0.39, 0.29) is 0 Å². The number of allylic oxidation sites excluding steroid dienone is 1. The number of benzene rings is 2. The number of phenols is 1. The van der Waals surface area contributed by atoms with Gasteiger partial charge >= 0.3 is 0 Å². The van der Waals surface area contributed by atoms with Gasteiger partial charge in [-0.15, -0.1) is 0 Å². The summed E-state index contributed by atoms with van der Waals surface area (Å²) in [5, 5.41) is 12.5. The van der Waals surface area contributed by atoms with Crippen LogP contribution in [0.25, 0.3) is 28.0 Å². The second kappa shape index (κ2) is 5.71. The third-order valence-corrected chi connectivity index (χ3v) is 5.51. The van der Waals surface area contributed by atoms with Gasteiger partial charge in [0, 0.05) is 33.8 Å². The van der Waals surface area contributed by atoms with Crippen molar-refractivity contribution in [3.8, 4) is 5.75 Å². The highest BCUT2D eigenvalue weighted by Crippen LogP contribution is 2.39. The number of hydrogen-bond acceptors (Lipinski definition) is 2. The minimum Gasteiger partial charge on any atom is -0.508 e. The number of phenolic OH excluding ortho intramolecular Hbond substituents is 1. The van der Waals surface area contributed by atoms with Crippen LogP contribution in [-0.2, 0) is 12.8 Å². The molecule has 26 heavy (non-hydrogen) atoms. The molecule has 4 heteroatoms. The minimum absolute atomic E-state index is 0.327. The molecule has 0 saturated carbocycles. The van der Waals surface area contributed by atoms with Gasteiger partial charge in [0.15, 0.2) is 0 Å². The SMILES string of the molecule is Cc1cncc(CC2=Cn3c4cc(Br)ccc4c4cc(O)cc(c43)C2)c1. The lowest BCUT2D eigenvalue weighted by Gasteiger charge is -2.18. The van der Waals surface area contributed by atoms with Crippen LogP contribution in [0.5, 0.6) is 5.75 Å². The molecule has 0 fully saturated rings. The molecule has 2 aromatic heterocycles. The smallest absolute Gasteiger partial charge is 0.116 e. The molecule has 0 spiro atoms. The summed E-state index contributed by atoms with van der Waals surface area (Å²) < 4.78 is 3.32. The molecule has 128 valence electrons. The Labute approximate surface area is 159 Å². The molecule has 2 aromatic carbocycles. The van der Waals surface area contributed by atoms with E-state index in [4.69, 9.17) is 0 Å². The maximum Gasteiger partial charge on any atom is 0.116 e. The fraction of sp³-hybridized carbons (Fsp3) is 0.136. The van der Waals surface area contributed by atoms with Crippen molar-refractivity contribution in [2.75, 3.05) is 0 Å². The van der Waals surface area contributed by atoms with Gasteiger partial charge in [-0.25, -0.2) is 0 Å². The van der Waals surface area contributed by atoms with Crippen molar-refractivity contribution in [2.45, 2.75) is 19.8 Å². The number of aryl methyl sites for hydroxylation is 1. The molecule has 0 aliphatic carbocycles. The van der Waals surface area contributed by atoms with Crippen LogP contribution in [-0.4, -0.2) is 14.7 Å². The third-order valence-electron chi connectivity index (χ3n) is 5.02. The van der Waals surface area contributed by atoms with Crippen LogP contribution in [0.2, 0.25) is 0 Å². The molecule has 0 radical (unpaired) electrons. The lowest BCUT2D eigenvalue weighted by molar-refractivity contribution is 0.475. The van der Waals surface area contributed by atoms with Crippen LogP contribution < -0.4 is 0 Å². The van der Waals surface area contributed by atoms with Crippen molar-refractivity contribution in [3.63, 3.8) is 0 Å². The van der Waals surface area contributed by atoms with Crippen LogP contribution in [0.3, 0.4) is 0 Å². The molecule has 4 aromatic rings. The van der Waals surface area contributed by atoms with E-state index in [0.717, 1.165) is 33.6 Å². The van der Waals surface area contributed by atoms with E-state index >= 15 is 0 Å². The molecule has 0 atom stereocenters. The molecule has 5 rings (SSSR count). The summed E-state index contributed by atoms with van der Waals surface area (Å²) in [5.41, 5.74) is 7.23. The average molecular weight is 405 g/mol. The summed E-state index contributed by atoms with van der Waals surface area (Å²) in [5.74, 6) is 0.327. The van der Waals surface area contributed by atoms with Gasteiger partial charge in [0.05, 0.1) is 11.0 Å². The highest BCUT2D eigenvalue weighted by Gasteiger charge is 2.20. The predicted octanol–water partition coefficient (Wildman–Crippen LogP) is 5.61. The number of hydrogen-bond donors (Lipinski definition) is 1. The van der Waals surface area contributed by atoms with Crippen LogP contribution in [0.4, 0.5) is 0 Å². The molecular formula is C22H17BrN2O. The van der Waals surface area contributed by atoms with Crippen LogP contribution in [0.1, 0.15) is 16.7 Å². The number of halogens is 1. The van der Waals surface area contributed by atoms with E-state index in [0.29, 0.717) is 5.75 Å². The number of aromatic hydroxyl groups is 1. The van der Waals surface area contributed by atoms with Crippen LogP contribution in [0, 0.1) is 6.92 Å². The van der Waals surface area contributed by atoms with Crippen molar-refractivity contribution >= 4 is 43.9 Å². The highest BCUT2D eigenvalue weighted by molar-refractivity contribution is 9.10. The van der Waals surface area contributed by atoms with Gasteiger partial charge in [-0.3, -0.25) is 4.98 Å². The minimum atomic E-state index is 0.327. The molecule has 0 bridgehead atoms. The lowest BCUT2D eigenvalue weighted by Crippen LogP contribution is -2.05. The molecule has 3 nitrogen and oxygen atoms in total. The fourth-order valence-electron chi connectivity index (χ4n) is 4.05. The first kappa shape index (κ1) is 15.6. The molecular weight excluding hydrogens is 388 g/mol. The first-order chi connectivity index (χ1) is 12.6. The number of nitrogens with zero attached hydrogens (tertiary/aromatic N) is 2. The molecule has 0 saturated heterocycles. The van der Waals surface area contributed by atoms with E-state index in [1.807, 2.05) is 24.5 Å². The monoisotopic (exact) mass is 404 g/mol. The quantitative estimate of drug-likeness (QED) is 0.471. The second-order valence-corrected chi connectivity index (χ2v) is 7.96. The normalized spacial score (nSPS) is 13.4. The van der Waals surface area contributed by atoms with E-state index in [1.54, 1.807) is 0 Å². The molecule has 0 unspecified atom stereocenters. The van der Waals surface area contributed by atoms with Gasteiger partial charge in [-0.1, -0.05) is 28.1 Å². The van der Waals surface area contributed by atoms with Crippen molar-refractivity contribution in [2.24, 2.45) is 0 Å². The summed E-state index contributed by atoms with van der Waals surface area (Å²) >= 11 is 3.59. The zero-order chi connectivity index (χ0) is 17.8. The Morgan fingerprint density at radius 1 is 1.12 bits per heavy atom. The zero-order valence-corrected chi connectivity index (χ0v) is 15.9. The molecule has 0 amide bonds. The van der Waals surface area contributed by atoms with Crippen LogP contribution >= 0.6 is 15.9 Å². The molecule has 1 aliphatic rings. The Morgan fingerprint density at radius 2 is 2.00 bits per heavy atom. The van der Waals surface area contributed by atoms with Crippen molar-refractivity contribution in [1.29, 1.82) is 0 Å². The van der Waals surface area contributed by atoms with E-state index in [1.165, 1.54) is 27.8 Å².